The number of hydrogen-bond acceptors (Lipinski definition) is 9. The molecule has 1 aromatic carbocycles. The highest BCUT2D eigenvalue weighted by Crippen LogP contribution is 2.49. The first kappa shape index (κ1) is 30.4. The topological polar surface area (TPSA) is 165 Å². The second-order valence-corrected chi connectivity index (χ2v) is 13.9. The molecule has 0 radical (unpaired) electrons. The van der Waals surface area contributed by atoms with Crippen LogP contribution in [0.25, 0.3) is 33.3 Å². The van der Waals surface area contributed by atoms with E-state index in [0.29, 0.717) is 36.1 Å². The fraction of sp³-hybridized carbons (Fsp3) is 0.344. The largest absolute Gasteiger partial charge is 0.506 e. The summed E-state index contributed by atoms with van der Waals surface area (Å²) in [6.07, 6.45) is 10.5. The molecular formula is C32H34N6O6S. The molecule has 4 aromatic rings. The van der Waals surface area contributed by atoms with Gasteiger partial charge in [0.05, 0.1) is 45.1 Å². The first-order chi connectivity index (χ1) is 21.6. The lowest BCUT2D eigenvalue weighted by Gasteiger charge is -2.33. The summed E-state index contributed by atoms with van der Waals surface area (Å²) < 4.78 is 33.5. The minimum Gasteiger partial charge on any atom is -0.506 e. The predicted molar refractivity (Wildman–Crippen MR) is 168 cm³/mol. The number of pyridine rings is 1. The molecule has 2 amide bonds. The third-order valence-corrected chi connectivity index (χ3v) is 11.2. The molecule has 0 bridgehead atoms. The van der Waals surface area contributed by atoms with Gasteiger partial charge in [-0.2, -0.15) is 0 Å². The Morgan fingerprint density at radius 2 is 1.96 bits per heavy atom. The molecule has 3 aromatic heterocycles. The van der Waals surface area contributed by atoms with Gasteiger partial charge >= 0.3 is 0 Å². The maximum Gasteiger partial charge on any atom is 0.252 e. The zero-order chi connectivity index (χ0) is 31.9. The molecular weight excluding hydrogens is 596 g/mol. The fourth-order valence-corrected chi connectivity index (χ4v) is 8.08. The van der Waals surface area contributed by atoms with E-state index < -0.39 is 26.6 Å². The Morgan fingerprint density at radius 3 is 2.60 bits per heavy atom. The number of aromatic hydroxyl groups is 1. The number of ether oxygens (including phenoxy) is 1. The van der Waals surface area contributed by atoms with E-state index in [1.54, 1.807) is 48.9 Å². The second-order valence-electron chi connectivity index (χ2n) is 11.7. The van der Waals surface area contributed by atoms with E-state index in [-0.39, 0.29) is 53.2 Å². The smallest absolute Gasteiger partial charge is 0.252 e. The zero-order valence-corrected chi connectivity index (χ0v) is 25.8. The first-order valence-electron chi connectivity index (χ1n) is 14.7. The van der Waals surface area contributed by atoms with Gasteiger partial charge in [0.15, 0.2) is 0 Å². The Morgan fingerprint density at radius 1 is 1.20 bits per heavy atom. The summed E-state index contributed by atoms with van der Waals surface area (Å²) >= 11 is 0. The molecule has 45 heavy (non-hydrogen) atoms. The average Bonchev–Trinajstić information content (AvgIpc) is 3.76. The molecule has 1 saturated carbocycles. The van der Waals surface area contributed by atoms with Crippen LogP contribution in [0.4, 0.5) is 0 Å². The van der Waals surface area contributed by atoms with Crippen LogP contribution < -0.4 is 10.6 Å². The van der Waals surface area contributed by atoms with Crippen LogP contribution in [0.3, 0.4) is 0 Å². The van der Waals surface area contributed by atoms with Gasteiger partial charge in [-0.25, -0.2) is 22.4 Å². The molecule has 1 saturated heterocycles. The van der Waals surface area contributed by atoms with E-state index in [0.717, 1.165) is 15.7 Å². The number of rotatable bonds is 10. The second kappa shape index (κ2) is 11.7. The van der Waals surface area contributed by atoms with Gasteiger partial charge in [-0.05, 0) is 56.4 Å². The molecule has 3 unspecified atom stereocenters. The van der Waals surface area contributed by atoms with E-state index in [4.69, 9.17) is 4.74 Å². The lowest BCUT2D eigenvalue weighted by molar-refractivity contribution is -0.134. The van der Waals surface area contributed by atoms with Gasteiger partial charge in [-0.1, -0.05) is 12.1 Å². The van der Waals surface area contributed by atoms with Gasteiger partial charge in [-0.3, -0.25) is 14.6 Å². The number of carbonyl (C=O) groups is 2. The Bertz CT molecular complexity index is 1890. The van der Waals surface area contributed by atoms with Gasteiger partial charge in [-0.15, -0.1) is 6.58 Å². The van der Waals surface area contributed by atoms with E-state index in [9.17, 15) is 23.1 Å². The van der Waals surface area contributed by atoms with Crippen molar-refractivity contribution in [2.24, 2.45) is 5.92 Å². The number of fused-ring (bicyclic) bond motifs is 1. The summed E-state index contributed by atoms with van der Waals surface area (Å²) in [4.78, 5) is 39.2. The molecule has 6 rings (SSSR count). The lowest BCUT2D eigenvalue weighted by Crippen LogP contribution is -2.53. The van der Waals surface area contributed by atoms with Crippen LogP contribution in [0.15, 0.2) is 68.0 Å². The van der Waals surface area contributed by atoms with Crippen molar-refractivity contribution in [1.82, 2.24) is 29.6 Å². The molecule has 1 aliphatic heterocycles. The molecule has 3 N–H and O–H groups in total. The number of amides is 2. The molecule has 0 spiro atoms. The molecule has 3 atom stereocenters. The van der Waals surface area contributed by atoms with Crippen LogP contribution in [0.5, 0.6) is 5.75 Å². The highest BCUT2D eigenvalue weighted by Gasteiger charge is 2.54. The summed E-state index contributed by atoms with van der Waals surface area (Å²) in [5, 5.41) is 16.9. The van der Waals surface area contributed by atoms with Crippen LogP contribution in [0.2, 0.25) is 0 Å². The average molecular weight is 631 g/mol. The number of hydrogen-bond donors (Lipinski definition) is 3. The SMILES string of the molecule is C=CCC1(S(=O)(=O)n2cc(O)c3c(C(=O)NCC4C(=O)NC(C)CC4OC)cc(-c4ccc(-c5cncnc5)nc4)cc32)CC1. The number of benzene rings is 1. The van der Waals surface area contributed by atoms with Crippen molar-refractivity contribution >= 4 is 32.7 Å². The highest BCUT2D eigenvalue weighted by molar-refractivity contribution is 7.91. The Balaban J connectivity index is 1.43. The molecule has 13 heteroatoms. The van der Waals surface area contributed by atoms with E-state index in [1.165, 1.54) is 13.4 Å². The molecule has 234 valence electrons. The number of aromatic nitrogens is 4. The molecule has 12 nitrogen and oxygen atoms in total. The zero-order valence-electron chi connectivity index (χ0n) is 24.9. The van der Waals surface area contributed by atoms with Crippen LogP contribution in [0.1, 0.15) is 43.0 Å². The Hall–Kier alpha value is -4.62. The van der Waals surface area contributed by atoms with Crippen LogP contribution in [-0.2, 0) is 19.6 Å². The minimum atomic E-state index is -3.98. The van der Waals surface area contributed by atoms with E-state index >= 15 is 0 Å². The molecule has 2 aliphatic rings. The number of allylic oxidation sites excluding steroid dienone is 1. The third kappa shape index (κ3) is 5.46. The number of nitrogens with one attached hydrogen (secondary N) is 2. The third-order valence-electron chi connectivity index (χ3n) is 8.72. The van der Waals surface area contributed by atoms with Crippen molar-refractivity contribution in [2.45, 2.75) is 49.5 Å². The predicted octanol–water partition coefficient (Wildman–Crippen LogP) is 3.42. The van der Waals surface area contributed by atoms with Crippen molar-refractivity contribution in [1.29, 1.82) is 0 Å². The minimum absolute atomic E-state index is 0.0147. The standard InChI is InChI=1S/C32H34N6O6S/c1-4-7-32(8-9-32)45(42,43)38-17-27(39)29-23(30(40)36-16-24-28(44-3)10-19(2)37-31(24)41)11-21(12-26(29)38)20-5-6-25(35-15-20)22-13-33-18-34-14-22/h4-6,11-15,17-19,24,28,39H,1,7-10,16H2,2-3H3,(H,36,40)(H,37,41). The molecule has 1 aliphatic carbocycles. The highest BCUT2D eigenvalue weighted by atomic mass is 32.2. The maximum absolute atomic E-state index is 13.9. The summed E-state index contributed by atoms with van der Waals surface area (Å²) in [6.45, 7) is 5.60. The van der Waals surface area contributed by atoms with Gasteiger partial charge in [0.2, 0.25) is 15.9 Å². The van der Waals surface area contributed by atoms with Crippen molar-refractivity contribution in [3.8, 4) is 28.1 Å². The van der Waals surface area contributed by atoms with Gasteiger partial charge < -0.3 is 20.5 Å². The molecule has 4 heterocycles. The van der Waals surface area contributed by atoms with E-state index in [2.05, 4.69) is 32.2 Å². The number of piperidine rings is 1. The Kier molecular flexibility index (Phi) is 7.91. The maximum atomic E-state index is 13.9. The van der Waals surface area contributed by atoms with Crippen molar-refractivity contribution in [3.05, 3.63) is 73.6 Å². The summed E-state index contributed by atoms with van der Waals surface area (Å²) in [5.41, 5.74) is 2.69. The summed E-state index contributed by atoms with van der Waals surface area (Å²) in [7, 11) is -2.45. The fourth-order valence-electron chi connectivity index (χ4n) is 6.08. The first-order valence-corrected chi connectivity index (χ1v) is 16.1. The van der Waals surface area contributed by atoms with E-state index in [1.807, 2.05) is 6.92 Å². The summed E-state index contributed by atoms with van der Waals surface area (Å²) in [5.74, 6) is -1.78. The van der Waals surface area contributed by atoms with Gasteiger partial charge in [0, 0.05) is 49.4 Å². The van der Waals surface area contributed by atoms with Gasteiger partial charge in [0.1, 0.15) is 12.1 Å². The normalized spacial score (nSPS) is 20.8. The van der Waals surface area contributed by atoms with Crippen LogP contribution in [-0.4, -0.2) is 74.8 Å². The van der Waals surface area contributed by atoms with Crippen LogP contribution in [0, 0.1) is 5.92 Å². The number of carbonyl (C=O) groups excluding carboxylic acids is 2. The van der Waals surface area contributed by atoms with Crippen molar-refractivity contribution < 1.29 is 27.9 Å². The number of methoxy groups -OCH3 is 1. The van der Waals surface area contributed by atoms with Crippen LogP contribution >= 0.6 is 0 Å². The summed E-state index contributed by atoms with van der Waals surface area (Å²) in [6, 6.07) is 6.74. The van der Waals surface area contributed by atoms with Gasteiger partial charge in [0.25, 0.3) is 5.91 Å². The lowest BCUT2D eigenvalue weighted by atomic mass is 9.91. The monoisotopic (exact) mass is 630 g/mol. The van der Waals surface area contributed by atoms with Crippen molar-refractivity contribution in [3.63, 3.8) is 0 Å². The Labute approximate surface area is 260 Å². The van der Waals surface area contributed by atoms with Crippen molar-refractivity contribution in [2.75, 3.05) is 13.7 Å². The number of nitrogens with zero attached hydrogens (tertiary/aromatic N) is 4. The molecule has 2 fully saturated rings. The quantitative estimate of drug-likeness (QED) is 0.223.